The quantitative estimate of drug-likeness (QED) is 0.171. The summed E-state index contributed by atoms with van der Waals surface area (Å²) >= 11 is 0. The van der Waals surface area contributed by atoms with E-state index in [2.05, 4.69) is 172 Å². The molecule has 0 bridgehead atoms. The monoisotopic (exact) mass is 613 g/mol. The molecule has 10 rings (SSSR count). The second-order valence-corrected chi connectivity index (χ2v) is 14.2. The predicted octanol–water partition coefficient (Wildman–Crippen LogP) is 12.8. The van der Waals surface area contributed by atoms with Gasteiger partial charge in [-0.15, -0.1) is 0 Å². The van der Waals surface area contributed by atoms with E-state index in [0.29, 0.717) is 0 Å². The van der Waals surface area contributed by atoms with Gasteiger partial charge in [0.05, 0.1) is 11.0 Å². The SMILES string of the molecule is Cc1ccccc1-c1cc(-n2c3cc4c(cc3c3cc5c6ccccc6c6ccccc6c5cc32)-c2ccccc2C4(C)C)ccc1C. The van der Waals surface area contributed by atoms with Crippen LogP contribution < -0.4 is 0 Å². The fourth-order valence-electron chi connectivity index (χ4n) is 8.80. The maximum atomic E-state index is 2.54. The molecule has 1 heteroatoms. The zero-order valence-corrected chi connectivity index (χ0v) is 27.7. The molecule has 0 saturated carbocycles. The Morgan fingerprint density at radius 1 is 0.375 bits per heavy atom. The van der Waals surface area contributed by atoms with Crippen LogP contribution in [0.15, 0.2) is 140 Å². The number of benzene rings is 8. The summed E-state index contributed by atoms with van der Waals surface area (Å²) < 4.78 is 2.54. The van der Waals surface area contributed by atoms with Gasteiger partial charge in [0.25, 0.3) is 0 Å². The van der Waals surface area contributed by atoms with Gasteiger partial charge < -0.3 is 4.57 Å². The van der Waals surface area contributed by atoms with Gasteiger partial charge in [-0.2, -0.15) is 0 Å². The third-order valence-electron chi connectivity index (χ3n) is 11.2. The van der Waals surface area contributed by atoms with Gasteiger partial charge in [-0.1, -0.05) is 117 Å². The Morgan fingerprint density at radius 3 is 1.62 bits per heavy atom. The minimum Gasteiger partial charge on any atom is -0.309 e. The summed E-state index contributed by atoms with van der Waals surface area (Å²) in [4.78, 5) is 0. The minimum absolute atomic E-state index is 0.0852. The Hall–Kier alpha value is -5.66. The van der Waals surface area contributed by atoms with E-state index in [1.807, 2.05) is 0 Å². The maximum Gasteiger partial charge on any atom is 0.0547 e. The summed E-state index contributed by atoms with van der Waals surface area (Å²) in [5.41, 5.74) is 14.3. The van der Waals surface area contributed by atoms with Crippen LogP contribution in [-0.4, -0.2) is 4.57 Å². The molecule has 48 heavy (non-hydrogen) atoms. The van der Waals surface area contributed by atoms with Crippen LogP contribution in [0.5, 0.6) is 0 Å². The van der Waals surface area contributed by atoms with Gasteiger partial charge in [0.2, 0.25) is 0 Å². The molecule has 0 fully saturated rings. The third kappa shape index (κ3) is 3.62. The zero-order chi connectivity index (χ0) is 32.3. The molecule has 0 spiro atoms. The highest BCUT2D eigenvalue weighted by atomic mass is 15.0. The molecule has 0 N–H and O–H groups in total. The van der Waals surface area contributed by atoms with E-state index in [1.54, 1.807) is 0 Å². The van der Waals surface area contributed by atoms with Crippen LogP contribution in [0.4, 0.5) is 0 Å². The smallest absolute Gasteiger partial charge is 0.0547 e. The van der Waals surface area contributed by atoms with E-state index in [1.165, 1.54) is 104 Å². The first-order valence-corrected chi connectivity index (χ1v) is 17.0. The molecule has 0 aliphatic heterocycles. The van der Waals surface area contributed by atoms with Crippen molar-refractivity contribution in [2.75, 3.05) is 0 Å². The van der Waals surface area contributed by atoms with Crippen molar-refractivity contribution in [1.82, 2.24) is 4.57 Å². The Kier molecular flexibility index (Phi) is 5.54. The predicted molar refractivity (Wildman–Crippen MR) is 206 cm³/mol. The fraction of sp³-hybridized carbons (Fsp3) is 0.106. The molecule has 0 unspecified atom stereocenters. The van der Waals surface area contributed by atoms with Crippen molar-refractivity contribution < 1.29 is 0 Å². The topological polar surface area (TPSA) is 4.93 Å². The standard InChI is InChI=1S/C47H35N/c1-28-13-5-6-14-31(28)37-23-30(22-21-29(37)2)48-45-26-39-35-18-10-8-16-33(35)32-15-7-9-17-34(32)38(39)24-41(45)42-25-40-36-19-11-12-20-43(36)47(3,4)44(40)27-46(42)48/h5-27H,1-4H3. The van der Waals surface area contributed by atoms with Crippen LogP contribution >= 0.6 is 0 Å². The normalized spacial score (nSPS) is 13.6. The van der Waals surface area contributed by atoms with E-state index in [9.17, 15) is 0 Å². The molecular formula is C47H35N. The first-order valence-electron chi connectivity index (χ1n) is 17.0. The molecule has 9 aromatic rings. The lowest BCUT2D eigenvalue weighted by atomic mass is 9.82. The molecule has 8 aromatic carbocycles. The number of aryl methyl sites for hydroxylation is 2. The fourth-order valence-corrected chi connectivity index (χ4v) is 8.80. The van der Waals surface area contributed by atoms with Gasteiger partial charge in [-0.25, -0.2) is 0 Å². The number of rotatable bonds is 2. The molecule has 1 aliphatic carbocycles. The van der Waals surface area contributed by atoms with Crippen LogP contribution in [-0.2, 0) is 5.41 Å². The number of hydrogen-bond acceptors (Lipinski definition) is 0. The number of hydrogen-bond donors (Lipinski definition) is 0. The van der Waals surface area contributed by atoms with E-state index in [0.717, 1.165) is 0 Å². The van der Waals surface area contributed by atoms with E-state index >= 15 is 0 Å². The lowest BCUT2D eigenvalue weighted by Gasteiger charge is -2.22. The average Bonchev–Trinajstić information content (AvgIpc) is 3.55. The van der Waals surface area contributed by atoms with Crippen LogP contribution in [0, 0.1) is 13.8 Å². The van der Waals surface area contributed by atoms with Crippen LogP contribution in [0.3, 0.4) is 0 Å². The summed E-state index contributed by atoms with van der Waals surface area (Å²) in [5, 5.41) is 10.4. The summed E-state index contributed by atoms with van der Waals surface area (Å²) in [6, 6.07) is 52.5. The summed E-state index contributed by atoms with van der Waals surface area (Å²) in [7, 11) is 0. The first-order chi connectivity index (χ1) is 23.4. The molecular weight excluding hydrogens is 579 g/mol. The molecule has 0 atom stereocenters. The lowest BCUT2D eigenvalue weighted by Crippen LogP contribution is -2.14. The molecule has 1 aliphatic rings. The third-order valence-corrected chi connectivity index (χ3v) is 11.2. The Balaban J connectivity index is 1.39. The van der Waals surface area contributed by atoms with Crippen LogP contribution in [0.2, 0.25) is 0 Å². The average molecular weight is 614 g/mol. The van der Waals surface area contributed by atoms with Crippen molar-refractivity contribution >= 4 is 54.1 Å². The highest BCUT2D eigenvalue weighted by Crippen LogP contribution is 2.51. The van der Waals surface area contributed by atoms with Gasteiger partial charge in [-0.05, 0) is 127 Å². The summed E-state index contributed by atoms with van der Waals surface area (Å²) in [6.07, 6.45) is 0. The van der Waals surface area contributed by atoms with Gasteiger partial charge in [0.15, 0.2) is 0 Å². The van der Waals surface area contributed by atoms with Crippen molar-refractivity contribution in [2.24, 2.45) is 0 Å². The van der Waals surface area contributed by atoms with Crippen molar-refractivity contribution in [1.29, 1.82) is 0 Å². The highest BCUT2D eigenvalue weighted by molar-refractivity contribution is 6.29. The second kappa shape index (κ2) is 9.69. The van der Waals surface area contributed by atoms with Gasteiger partial charge in [0.1, 0.15) is 0 Å². The lowest BCUT2D eigenvalue weighted by molar-refractivity contribution is 0.661. The Labute approximate surface area is 280 Å². The number of nitrogens with zero attached hydrogens (tertiary/aromatic N) is 1. The molecule has 1 heterocycles. The molecule has 1 aromatic heterocycles. The first kappa shape index (κ1) is 27.5. The van der Waals surface area contributed by atoms with E-state index in [-0.39, 0.29) is 5.41 Å². The minimum atomic E-state index is -0.0852. The molecule has 0 radical (unpaired) electrons. The molecule has 0 amide bonds. The largest absolute Gasteiger partial charge is 0.309 e. The van der Waals surface area contributed by atoms with Gasteiger partial charge in [0, 0.05) is 21.9 Å². The molecule has 0 saturated heterocycles. The highest BCUT2D eigenvalue weighted by Gasteiger charge is 2.36. The van der Waals surface area contributed by atoms with Crippen molar-refractivity contribution in [3.05, 3.63) is 162 Å². The summed E-state index contributed by atoms with van der Waals surface area (Å²) in [6.45, 7) is 9.21. The van der Waals surface area contributed by atoms with Gasteiger partial charge in [-0.3, -0.25) is 0 Å². The summed E-state index contributed by atoms with van der Waals surface area (Å²) in [5.74, 6) is 0. The Morgan fingerprint density at radius 2 is 0.917 bits per heavy atom. The van der Waals surface area contributed by atoms with Crippen molar-refractivity contribution in [3.8, 4) is 27.9 Å². The van der Waals surface area contributed by atoms with Crippen LogP contribution in [0.25, 0.3) is 82.1 Å². The van der Waals surface area contributed by atoms with E-state index < -0.39 is 0 Å². The van der Waals surface area contributed by atoms with Crippen LogP contribution in [0.1, 0.15) is 36.1 Å². The second-order valence-electron chi connectivity index (χ2n) is 14.2. The number of aromatic nitrogens is 1. The van der Waals surface area contributed by atoms with E-state index in [4.69, 9.17) is 0 Å². The van der Waals surface area contributed by atoms with Crippen molar-refractivity contribution in [2.45, 2.75) is 33.1 Å². The molecule has 1 nitrogen and oxygen atoms in total. The van der Waals surface area contributed by atoms with Crippen molar-refractivity contribution in [3.63, 3.8) is 0 Å². The molecule has 228 valence electrons. The van der Waals surface area contributed by atoms with Gasteiger partial charge >= 0.3 is 0 Å². The Bertz CT molecular complexity index is 2830. The number of fused-ring (bicyclic) bond motifs is 12. The zero-order valence-electron chi connectivity index (χ0n) is 27.7. The maximum absolute atomic E-state index is 2.54.